The van der Waals surface area contributed by atoms with E-state index in [1.54, 1.807) is 0 Å². The van der Waals surface area contributed by atoms with Crippen LogP contribution in [-0.2, 0) is 6.42 Å². The van der Waals surface area contributed by atoms with Crippen LogP contribution in [0.3, 0.4) is 0 Å². The smallest absolute Gasteiger partial charge is 0.0181 e. The van der Waals surface area contributed by atoms with Gasteiger partial charge in [0.1, 0.15) is 0 Å². The predicted octanol–water partition coefficient (Wildman–Crippen LogP) is 7.86. The Labute approximate surface area is 149 Å². The second-order valence-electron chi connectivity index (χ2n) is 6.96. The molecule has 0 aliphatic heterocycles. The van der Waals surface area contributed by atoms with Gasteiger partial charge in [-0.1, -0.05) is 93.6 Å². The van der Waals surface area contributed by atoms with Crippen LogP contribution in [0, 0.1) is 0 Å². The van der Waals surface area contributed by atoms with E-state index in [-0.39, 0.29) is 0 Å². The average molecular weight is 323 g/mol. The monoisotopic (exact) mass is 322 g/mol. The summed E-state index contributed by atoms with van der Waals surface area (Å²) < 4.78 is 0. The molecule has 0 unspecified atom stereocenters. The molecule has 0 fully saturated rings. The van der Waals surface area contributed by atoms with Crippen LogP contribution in [0.15, 0.2) is 54.6 Å². The average Bonchev–Trinajstić information content (AvgIpc) is 2.62. The summed E-state index contributed by atoms with van der Waals surface area (Å²) in [4.78, 5) is 0. The van der Waals surface area contributed by atoms with Crippen LogP contribution in [0.25, 0.3) is 10.8 Å². The Morgan fingerprint density at radius 3 is 2.12 bits per heavy atom. The van der Waals surface area contributed by atoms with Crippen LogP contribution < -0.4 is 0 Å². The first kappa shape index (κ1) is 18.8. The van der Waals surface area contributed by atoms with Gasteiger partial charge in [-0.15, -0.1) is 0 Å². The molecule has 0 aliphatic rings. The van der Waals surface area contributed by atoms with E-state index in [0.29, 0.717) is 0 Å². The van der Waals surface area contributed by atoms with Crippen molar-refractivity contribution in [2.75, 3.05) is 0 Å². The molecule has 0 bridgehead atoms. The first-order valence-corrected chi connectivity index (χ1v) is 10.0. The number of unbranched alkanes of at least 4 members (excludes halogenated alkanes) is 8. The van der Waals surface area contributed by atoms with Gasteiger partial charge < -0.3 is 0 Å². The zero-order valence-corrected chi connectivity index (χ0v) is 15.5. The largest absolute Gasteiger partial charge is 0.0885 e. The standard InChI is InChI=1S/C24H34/c1-2-3-4-5-6-7-8-9-10-11-12-13-16-22-19-20-23-17-14-15-18-24(23)21-22/h9-10,14-15,17-21H,2-8,11-13,16H2,1H3/b10-9+. The quantitative estimate of drug-likeness (QED) is 0.275. The lowest BCUT2D eigenvalue weighted by Gasteiger charge is -2.03. The Morgan fingerprint density at radius 2 is 1.33 bits per heavy atom. The van der Waals surface area contributed by atoms with Crippen LogP contribution in [0.5, 0.6) is 0 Å². The summed E-state index contributed by atoms with van der Waals surface area (Å²) in [5, 5.41) is 2.72. The second kappa shape index (κ2) is 11.9. The van der Waals surface area contributed by atoms with E-state index < -0.39 is 0 Å². The molecule has 0 nitrogen and oxygen atoms in total. The Balaban J connectivity index is 1.52. The molecule has 0 atom stereocenters. The van der Waals surface area contributed by atoms with Crippen LogP contribution >= 0.6 is 0 Å². The van der Waals surface area contributed by atoms with Crippen LogP contribution in [0.2, 0.25) is 0 Å². The summed E-state index contributed by atoms with van der Waals surface area (Å²) in [6.07, 6.45) is 19.5. The highest BCUT2D eigenvalue weighted by Crippen LogP contribution is 2.17. The Hall–Kier alpha value is -1.56. The van der Waals surface area contributed by atoms with Gasteiger partial charge in [0.25, 0.3) is 0 Å². The van der Waals surface area contributed by atoms with Gasteiger partial charge in [0.05, 0.1) is 0 Å². The van der Waals surface area contributed by atoms with E-state index in [9.17, 15) is 0 Å². The Bertz CT molecular complexity index is 594. The second-order valence-corrected chi connectivity index (χ2v) is 6.96. The molecule has 0 amide bonds. The summed E-state index contributed by atoms with van der Waals surface area (Å²) >= 11 is 0. The third kappa shape index (κ3) is 7.34. The van der Waals surface area contributed by atoms with Gasteiger partial charge in [0.15, 0.2) is 0 Å². The van der Waals surface area contributed by atoms with Crippen LogP contribution in [0.1, 0.15) is 76.7 Å². The van der Waals surface area contributed by atoms with E-state index in [1.165, 1.54) is 87.0 Å². The number of hydrogen-bond acceptors (Lipinski definition) is 0. The van der Waals surface area contributed by atoms with Crippen molar-refractivity contribution in [3.8, 4) is 0 Å². The molecule has 2 aromatic rings. The molecular formula is C24H34. The van der Waals surface area contributed by atoms with E-state index in [1.807, 2.05) is 0 Å². The highest BCUT2D eigenvalue weighted by molar-refractivity contribution is 5.82. The summed E-state index contributed by atoms with van der Waals surface area (Å²) in [7, 11) is 0. The van der Waals surface area contributed by atoms with Crippen molar-refractivity contribution in [2.24, 2.45) is 0 Å². The van der Waals surface area contributed by atoms with Crippen LogP contribution in [0.4, 0.5) is 0 Å². The molecule has 2 rings (SSSR count). The minimum Gasteiger partial charge on any atom is -0.0885 e. The van der Waals surface area contributed by atoms with Crippen molar-refractivity contribution < 1.29 is 0 Å². The zero-order chi connectivity index (χ0) is 16.9. The van der Waals surface area contributed by atoms with Crippen molar-refractivity contribution in [1.29, 1.82) is 0 Å². The predicted molar refractivity (Wildman–Crippen MR) is 109 cm³/mol. The van der Waals surface area contributed by atoms with E-state index in [0.717, 1.165) is 0 Å². The molecule has 0 N–H and O–H groups in total. The molecule has 24 heavy (non-hydrogen) atoms. The van der Waals surface area contributed by atoms with Gasteiger partial charge in [-0.25, -0.2) is 0 Å². The van der Waals surface area contributed by atoms with Crippen molar-refractivity contribution >= 4 is 10.8 Å². The lowest BCUT2D eigenvalue weighted by Crippen LogP contribution is -1.85. The molecule has 0 saturated heterocycles. The van der Waals surface area contributed by atoms with Crippen LogP contribution in [-0.4, -0.2) is 0 Å². The fourth-order valence-corrected chi connectivity index (χ4v) is 3.26. The van der Waals surface area contributed by atoms with Gasteiger partial charge in [-0.3, -0.25) is 0 Å². The summed E-state index contributed by atoms with van der Waals surface area (Å²) in [6.45, 7) is 2.28. The number of rotatable bonds is 12. The molecule has 0 aromatic heterocycles. The molecule has 130 valence electrons. The number of aryl methyl sites for hydroxylation is 1. The normalized spacial score (nSPS) is 11.5. The maximum Gasteiger partial charge on any atom is -0.0181 e. The lowest BCUT2D eigenvalue weighted by molar-refractivity contribution is 0.611. The summed E-state index contributed by atoms with van der Waals surface area (Å²) in [6, 6.07) is 15.5. The van der Waals surface area contributed by atoms with Gasteiger partial charge in [0.2, 0.25) is 0 Å². The summed E-state index contributed by atoms with van der Waals surface area (Å²) in [5.41, 5.74) is 1.48. The molecule has 0 aliphatic carbocycles. The Kier molecular flexibility index (Phi) is 9.31. The third-order valence-electron chi connectivity index (χ3n) is 4.79. The minimum atomic E-state index is 1.20. The van der Waals surface area contributed by atoms with Crippen molar-refractivity contribution in [3.05, 3.63) is 60.2 Å². The lowest BCUT2D eigenvalue weighted by atomic mass is 10.0. The van der Waals surface area contributed by atoms with Gasteiger partial charge in [-0.2, -0.15) is 0 Å². The minimum absolute atomic E-state index is 1.20. The molecular weight excluding hydrogens is 288 g/mol. The first-order valence-electron chi connectivity index (χ1n) is 10.0. The fraction of sp³-hybridized carbons (Fsp3) is 0.500. The molecule has 0 radical (unpaired) electrons. The fourth-order valence-electron chi connectivity index (χ4n) is 3.26. The molecule has 0 heterocycles. The van der Waals surface area contributed by atoms with Crippen molar-refractivity contribution in [3.63, 3.8) is 0 Å². The molecule has 2 aromatic carbocycles. The van der Waals surface area contributed by atoms with Gasteiger partial charge in [-0.05, 0) is 54.9 Å². The van der Waals surface area contributed by atoms with Crippen molar-refractivity contribution in [2.45, 2.75) is 77.6 Å². The van der Waals surface area contributed by atoms with Gasteiger partial charge >= 0.3 is 0 Å². The zero-order valence-electron chi connectivity index (χ0n) is 15.5. The molecule has 0 heteroatoms. The number of benzene rings is 2. The maximum absolute atomic E-state index is 2.40. The number of fused-ring (bicyclic) bond motifs is 1. The van der Waals surface area contributed by atoms with E-state index in [2.05, 4.69) is 61.5 Å². The topological polar surface area (TPSA) is 0 Å². The highest BCUT2D eigenvalue weighted by Gasteiger charge is 1.96. The van der Waals surface area contributed by atoms with E-state index in [4.69, 9.17) is 0 Å². The maximum atomic E-state index is 2.40. The highest BCUT2D eigenvalue weighted by atomic mass is 14.0. The first-order chi connectivity index (χ1) is 11.9. The molecule has 0 spiro atoms. The third-order valence-corrected chi connectivity index (χ3v) is 4.79. The number of hydrogen-bond donors (Lipinski definition) is 0. The number of allylic oxidation sites excluding steroid dienone is 2. The molecule has 0 saturated carbocycles. The SMILES string of the molecule is CCCCCCCC/C=C/CCCCc1ccc2ccccc2c1. The van der Waals surface area contributed by atoms with Gasteiger partial charge in [0, 0.05) is 0 Å². The Morgan fingerprint density at radius 1 is 0.667 bits per heavy atom. The van der Waals surface area contributed by atoms with Crippen molar-refractivity contribution in [1.82, 2.24) is 0 Å². The van der Waals surface area contributed by atoms with E-state index >= 15 is 0 Å². The summed E-state index contributed by atoms with van der Waals surface area (Å²) in [5.74, 6) is 0.